The third kappa shape index (κ3) is 4.29. The predicted molar refractivity (Wildman–Crippen MR) is 81.1 cm³/mol. The Morgan fingerprint density at radius 3 is 2.90 bits per heavy atom. The molecule has 0 aliphatic carbocycles. The molecule has 20 heavy (non-hydrogen) atoms. The van der Waals surface area contributed by atoms with Gasteiger partial charge in [-0.1, -0.05) is 0 Å². The number of thiazole rings is 1. The molecular weight excluding hydrogens is 294 g/mol. The molecular formula is C13H17N3O2S2. The van der Waals surface area contributed by atoms with Crippen molar-refractivity contribution in [2.75, 3.05) is 13.1 Å². The van der Waals surface area contributed by atoms with Gasteiger partial charge in [0.15, 0.2) is 0 Å². The number of urea groups is 1. The fourth-order valence-corrected chi connectivity index (χ4v) is 3.03. The molecule has 2 aromatic rings. The molecule has 7 heteroatoms. The van der Waals surface area contributed by atoms with Crippen LogP contribution in [0.5, 0.6) is 0 Å². The lowest BCUT2D eigenvalue weighted by atomic mass is 9.99. The second-order valence-electron chi connectivity index (χ2n) is 4.63. The highest BCUT2D eigenvalue weighted by atomic mass is 32.1. The van der Waals surface area contributed by atoms with Crippen molar-refractivity contribution in [3.05, 3.63) is 39.0 Å². The van der Waals surface area contributed by atoms with Crippen LogP contribution in [0.3, 0.4) is 0 Å². The Balaban J connectivity index is 1.69. The van der Waals surface area contributed by atoms with E-state index in [4.69, 9.17) is 0 Å². The number of aromatic nitrogens is 1. The largest absolute Gasteiger partial charge is 0.384 e. The van der Waals surface area contributed by atoms with Crippen molar-refractivity contribution >= 4 is 28.7 Å². The van der Waals surface area contributed by atoms with Gasteiger partial charge in [0.1, 0.15) is 5.60 Å². The maximum atomic E-state index is 11.6. The van der Waals surface area contributed by atoms with E-state index in [0.29, 0.717) is 13.0 Å². The molecule has 2 rings (SSSR count). The standard InChI is InChI=1S/C13H17N3O2S2/c1-13(18,10-3-5-19-6-10)8-15-12(17)14-4-2-11-7-20-9-16-11/h3,5-7,9,18H,2,4,8H2,1H3,(H2,14,15,17). The van der Waals surface area contributed by atoms with Crippen LogP contribution in [0.1, 0.15) is 18.2 Å². The van der Waals surface area contributed by atoms with Gasteiger partial charge in [-0.25, -0.2) is 9.78 Å². The summed E-state index contributed by atoms with van der Waals surface area (Å²) < 4.78 is 0. The number of hydrogen-bond donors (Lipinski definition) is 3. The fourth-order valence-electron chi connectivity index (χ4n) is 1.65. The lowest BCUT2D eigenvalue weighted by molar-refractivity contribution is 0.0598. The highest BCUT2D eigenvalue weighted by Gasteiger charge is 2.23. The quantitative estimate of drug-likeness (QED) is 0.763. The van der Waals surface area contributed by atoms with E-state index in [1.807, 2.05) is 22.2 Å². The number of carbonyl (C=O) groups excluding carboxylic acids is 1. The van der Waals surface area contributed by atoms with Gasteiger partial charge in [0.05, 0.1) is 17.7 Å². The number of nitrogens with one attached hydrogen (secondary N) is 2. The van der Waals surface area contributed by atoms with Crippen LogP contribution in [0.15, 0.2) is 27.7 Å². The summed E-state index contributed by atoms with van der Waals surface area (Å²) in [6, 6.07) is 1.57. The maximum absolute atomic E-state index is 11.6. The van der Waals surface area contributed by atoms with E-state index in [-0.39, 0.29) is 12.6 Å². The van der Waals surface area contributed by atoms with Crippen LogP contribution < -0.4 is 10.6 Å². The average molecular weight is 311 g/mol. The number of nitrogens with zero attached hydrogens (tertiary/aromatic N) is 1. The van der Waals surface area contributed by atoms with Crippen molar-refractivity contribution in [3.63, 3.8) is 0 Å². The number of carbonyl (C=O) groups is 1. The van der Waals surface area contributed by atoms with Gasteiger partial charge < -0.3 is 15.7 Å². The second-order valence-corrected chi connectivity index (χ2v) is 6.12. The third-order valence-corrected chi connectivity index (χ3v) is 4.20. The van der Waals surface area contributed by atoms with Crippen LogP contribution in [-0.2, 0) is 12.0 Å². The third-order valence-electron chi connectivity index (χ3n) is 2.89. The molecule has 0 radical (unpaired) electrons. The Bertz CT molecular complexity index is 524. The van der Waals surface area contributed by atoms with Crippen LogP contribution in [0, 0.1) is 0 Å². The summed E-state index contributed by atoms with van der Waals surface area (Å²) in [5, 5.41) is 21.4. The maximum Gasteiger partial charge on any atom is 0.314 e. The van der Waals surface area contributed by atoms with E-state index in [2.05, 4.69) is 15.6 Å². The lowest BCUT2D eigenvalue weighted by Crippen LogP contribution is -2.43. The van der Waals surface area contributed by atoms with Gasteiger partial charge >= 0.3 is 6.03 Å². The Morgan fingerprint density at radius 2 is 2.25 bits per heavy atom. The molecule has 2 heterocycles. The number of thiophene rings is 1. The predicted octanol–water partition coefficient (Wildman–Crippen LogP) is 1.95. The number of amides is 2. The van der Waals surface area contributed by atoms with Crippen LogP contribution >= 0.6 is 22.7 Å². The normalized spacial score (nSPS) is 13.7. The molecule has 0 aliphatic heterocycles. The Labute approximate surface area is 125 Å². The smallest absolute Gasteiger partial charge is 0.314 e. The van der Waals surface area contributed by atoms with E-state index in [0.717, 1.165) is 11.3 Å². The molecule has 3 N–H and O–H groups in total. The van der Waals surface area contributed by atoms with Crippen LogP contribution in [-0.4, -0.2) is 29.2 Å². The van der Waals surface area contributed by atoms with E-state index in [1.165, 1.54) is 22.7 Å². The minimum Gasteiger partial charge on any atom is -0.384 e. The Morgan fingerprint density at radius 1 is 1.40 bits per heavy atom. The van der Waals surface area contributed by atoms with Crippen LogP contribution in [0.4, 0.5) is 4.79 Å². The minimum atomic E-state index is -1.05. The molecule has 1 atom stereocenters. The SMILES string of the molecule is CC(O)(CNC(=O)NCCc1cscn1)c1ccsc1. The Hall–Kier alpha value is -1.44. The Kier molecular flexibility index (Phi) is 5.11. The summed E-state index contributed by atoms with van der Waals surface area (Å²) in [4.78, 5) is 15.8. The first-order valence-electron chi connectivity index (χ1n) is 6.22. The first kappa shape index (κ1) is 15.0. The van der Waals surface area contributed by atoms with E-state index < -0.39 is 5.60 Å². The van der Waals surface area contributed by atoms with Crippen LogP contribution in [0.25, 0.3) is 0 Å². The van der Waals surface area contributed by atoms with Gasteiger partial charge in [-0.3, -0.25) is 0 Å². The topological polar surface area (TPSA) is 74.2 Å². The van der Waals surface area contributed by atoms with Crippen molar-refractivity contribution in [2.45, 2.75) is 18.9 Å². The minimum absolute atomic E-state index is 0.173. The molecule has 0 aliphatic rings. The number of hydrogen-bond acceptors (Lipinski definition) is 5. The molecule has 0 saturated heterocycles. The first-order chi connectivity index (χ1) is 9.58. The van der Waals surface area contributed by atoms with Crippen molar-refractivity contribution in [3.8, 4) is 0 Å². The zero-order valence-electron chi connectivity index (χ0n) is 11.1. The van der Waals surface area contributed by atoms with Crippen molar-refractivity contribution in [2.24, 2.45) is 0 Å². The monoisotopic (exact) mass is 311 g/mol. The molecule has 0 spiro atoms. The second kappa shape index (κ2) is 6.83. The lowest BCUT2D eigenvalue weighted by Gasteiger charge is -2.22. The molecule has 108 valence electrons. The van der Waals surface area contributed by atoms with Gasteiger partial charge in [0, 0.05) is 18.3 Å². The number of rotatable bonds is 6. The molecule has 2 amide bonds. The molecule has 2 aromatic heterocycles. The molecule has 5 nitrogen and oxygen atoms in total. The van der Waals surface area contributed by atoms with Crippen molar-refractivity contribution in [1.82, 2.24) is 15.6 Å². The van der Waals surface area contributed by atoms with Gasteiger partial charge in [0.2, 0.25) is 0 Å². The molecule has 0 fully saturated rings. The number of aliphatic hydroxyl groups is 1. The fraction of sp³-hybridized carbons (Fsp3) is 0.385. The average Bonchev–Trinajstić information content (AvgIpc) is 3.09. The van der Waals surface area contributed by atoms with Crippen molar-refractivity contribution in [1.29, 1.82) is 0 Å². The van der Waals surface area contributed by atoms with Crippen LogP contribution in [0.2, 0.25) is 0 Å². The summed E-state index contributed by atoms with van der Waals surface area (Å²) in [6.45, 7) is 2.38. The molecule has 0 bridgehead atoms. The summed E-state index contributed by atoms with van der Waals surface area (Å²) >= 11 is 3.06. The van der Waals surface area contributed by atoms with Gasteiger partial charge in [0.25, 0.3) is 0 Å². The summed E-state index contributed by atoms with van der Waals surface area (Å²) in [7, 11) is 0. The first-order valence-corrected chi connectivity index (χ1v) is 8.10. The molecule has 0 saturated carbocycles. The van der Waals surface area contributed by atoms with E-state index >= 15 is 0 Å². The van der Waals surface area contributed by atoms with Gasteiger partial charge in [-0.05, 0) is 29.3 Å². The highest BCUT2D eigenvalue weighted by Crippen LogP contribution is 2.21. The van der Waals surface area contributed by atoms with Crippen molar-refractivity contribution < 1.29 is 9.90 Å². The van der Waals surface area contributed by atoms with E-state index in [9.17, 15) is 9.90 Å². The zero-order valence-corrected chi connectivity index (χ0v) is 12.8. The molecule has 1 unspecified atom stereocenters. The summed E-state index contributed by atoms with van der Waals surface area (Å²) in [5.41, 5.74) is 2.51. The highest BCUT2D eigenvalue weighted by molar-refractivity contribution is 7.08. The summed E-state index contributed by atoms with van der Waals surface area (Å²) in [6.07, 6.45) is 0.706. The summed E-state index contributed by atoms with van der Waals surface area (Å²) in [5.74, 6) is 0. The van der Waals surface area contributed by atoms with Gasteiger partial charge in [-0.2, -0.15) is 11.3 Å². The van der Waals surface area contributed by atoms with E-state index in [1.54, 1.807) is 12.4 Å². The van der Waals surface area contributed by atoms with Gasteiger partial charge in [-0.15, -0.1) is 11.3 Å². The molecule has 0 aromatic carbocycles. The zero-order chi connectivity index (χ0) is 14.4.